The summed E-state index contributed by atoms with van der Waals surface area (Å²) in [6.07, 6.45) is 2.24. The summed E-state index contributed by atoms with van der Waals surface area (Å²) in [7, 11) is 0. The zero-order chi connectivity index (χ0) is 17.5. The Kier molecular flexibility index (Phi) is 6.78. The molecule has 0 atom stereocenters. The van der Waals surface area contributed by atoms with Gasteiger partial charge in [-0.05, 0) is 24.6 Å². The van der Waals surface area contributed by atoms with Gasteiger partial charge >= 0.3 is 5.97 Å². The largest absolute Gasteiger partial charge is 0.478 e. The Labute approximate surface area is 136 Å². The average Bonchev–Trinajstić information content (AvgIpc) is 2.52. The molecule has 6 nitrogen and oxygen atoms in total. The molecule has 0 spiro atoms. The molecule has 0 unspecified atom stereocenters. The van der Waals surface area contributed by atoms with Crippen molar-refractivity contribution in [2.75, 3.05) is 18.7 Å². The molecule has 0 saturated carbocycles. The van der Waals surface area contributed by atoms with E-state index in [2.05, 4.69) is 11.9 Å². The van der Waals surface area contributed by atoms with Gasteiger partial charge in [0.2, 0.25) is 5.91 Å². The van der Waals surface area contributed by atoms with Gasteiger partial charge in [0.05, 0.1) is 6.61 Å². The number of anilines is 1. The summed E-state index contributed by atoms with van der Waals surface area (Å²) in [4.78, 5) is 23.5. The lowest BCUT2D eigenvalue weighted by atomic mass is 9.89. The highest BCUT2D eigenvalue weighted by molar-refractivity contribution is 5.97. The highest BCUT2D eigenvalue weighted by atomic mass is 16.7. The number of carbonyl (C=O) groups excluding carboxylic acids is 1. The molecule has 0 heterocycles. The molecule has 0 radical (unpaired) electrons. The van der Waals surface area contributed by atoms with Gasteiger partial charge in [-0.1, -0.05) is 26.8 Å². The second-order valence-electron chi connectivity index (χ2n) is 5.63. The van der Waals surface area contributed by atoms with Gasteiger partial charge in [-0.25, -0.2) is 4.79 Å². The van der Waals surface area contributed by atoms with Crippen molar-refractivity contribution in [3.05, 3.63) is 36.4 Å². The van der Waals surface area contributed by atoms with Crippen molar-refractivity contribution < 1.29 is 24.2 Å². The average molecular weight is 321 g/mol. The van der Waals surface area contributed by atoms with Gasteiger partial charge in [0.1, 0.15) is 11.3 Å². The Balaban J connectivity index is 2.89. The van der Waals surface area contributed by atoms with Crippen LogP contribution in [0.1, 0.15) is 37.6 Å². The van der Waals surface area contributed by atoms with Crippen LogP contribution in [0.4, 0.5) is 5.69 Å². The van der Waals surface area contributed by atoms with Gasteiger partial charge in [-0.15, -0.1) is 6.58 Å². The van der Waals surface area contributed by atoms with Gasteiger partial charge in [0.15, 0.2) is 6.79 Å². The summed E-state index contributed by atoms with van der Waals surface area (Å²) in [5, 5.41) is 12.0. The third-order valence-electron chi connectivity index (χ3n) is 3.50. The van der Waals surface area contributed by atoms with E-state index in [0.29, 0.717) is 18.7 Å². The number of benzene rings is 1. The van der Waals surface area contributed by atoms with Crippen molar-refractivity contribution in [1.82, 2.24) is 0 Å². The van der Waals surface area contributed by atoms with Gasteiger partial charge in [0, 0.05) is 11.1 Å². The number of nitrogens with one attached hydrogen (secondary N) is 1. The number of hydrogen-bond acceptors (Lipinski definition) is 4. The molecule has 0 bridgehead atoms. The maximum Gasteiger partial charge on any atom is 0.339 e. The summed E-state index contributed by atoms with van der Waals surface area (Å²) >= 11 is 0. The molecular weight excluding hydrogens is 298 g/mol. The molecule has 1 rings (SSSR count). The van der Waals surface area contributed by atoms with E-state index >= 15 is 0 Å². The summed E-state index contributed by atoms with van der Waals surface area (Å²) in [6.45, 7) is 9.30. The Bertz CT molecular complexity index is 580. The maximum atomic E-state index is 12.2. The first-order chi connectivity index (χ1) is 10.8. The number of amides is 1. The smallest absolute Gasteiger partial charge is 0.339 e. The molecule has 0 aliphatic rings. The second kappa shape index (κ2) is 8.33. The van der Waals surface area contributed by atoms with Crippen molar-refractivity contribution in [2.24, 2.45) is 5.41 Å². The predicted octanol–water partition coefficient (Wildman–Crippen LogP) is 3.30. The van der Waals surface area contributed by atoms with Gasteiger partial charge in [-0.3, -0.25) is 4.79 Å². The van der Waals surface area contributed by atoms with E-state index in [4.69, 9.17) is 9.47 Å². The van der Waals surface area contributed by atoms with Crippen LogP contribution in [0.3, 0.4) is 0 Å². The van der Waals surface area contributed by atoms with Crippen molar-refractivity contribution >= 4 is 17.6 Å². The molecule has 0 aliphatic heterocycles. The van der Waals surface area contributed by atoms with Crippen molar-refractivity contribution in [1.29, 1.82) is 0 Å². The summed E-state index contributed by atoms with van der Waals surface area (Å²) < 4.78 is 10.4. The lowest BCUT2D eigenvalue weighted by Crippen LogP contribution is -2.30. The minimum absolute atomic E-state index is 0.0423. The fourth-order valence-corrected chi connectivity index (χ4v) is 1.60. The molecule has 126 valence electrons. The first-order valence-corrected chi connectivity index (χ1v) is 7.32. The lowest BCUT2D eigenvalue weighted by Gasteiger charge is -2.21. The zero-order valence-electron chi connectivity index (χ0n) is 13.7. The molecule has 1 aromatic carbocycles. The van der Waals surface area contributed by atoms with Crippen LogP contribution in [0.15, 0.2) is 30.9 Å². The van der Waals surface area contributed by atoms with Crippen LogP contribution in [0, 0.1) is 5.41 Å². The number of carboxylic acid groups (broad SMARTS) is 1. The number of carbonyl (C=O) groups is 2. The van der Waals surface area contributed by atoms with E-state index in [-0.39, 0.29) is 24.0 Å². The Hall–Kier alpha value is -2.34. The number of ether oxygens (including phenoxy) is 2. The molecule has 0 aliphatic carbocycles. The monoisotopic (exact) mass is 321 g/mol. The number of aromatic carboxylic acids is 1. The second-order valence-corrected chi connectivity index (χ2v) is 5.63. The topological polar surface area (TPSA) is 84.9 Å². The zero-order valence-corrected chi connectivity index (χ0v) is 13.7. The van der Waals surface area contributed by atoms with Crippen molar-refractivity contribution in [3.63, 3.8) is 0 Å². The SMILES string of the molecule is C=CCOCOc1ccc(NC(=O)C(C)(C)CC)cc1C(=O)O. The first-order valence-electron chi connectivity index (χ1n) is 7.32. The van der Waals surface area contributed by atoms with Crippen LogP contribution < -0.4 is 10.1 Å². The Morgan fingerprint density at radius 1 is 1.39 bits per heavy atom. The van der Waals surface area contributed by atoms with E-state index in [9.17, 15) is 14.7 Å². The van der Waals surface area contributed by atoms with E-state index in [0.717, 1.165) is 0 Å². The van der Waals surface area contributed by atoms with Crippen molar-refractivity contribution in [2.45, 2.75) is 27.2 Å². The normalized spacial score (nSPS) is 10.9. The molecule has 2 N–H and O–H groups in total. The fourth-order valence-electron chi connectivity index (χ4n) is 1.60. The van der Waals surface area contributed by atoms with Crippen LogP contribution in [0.2, 0.25) is 0 Å². The van der Waals surface area contributed by atoms with Gasteiger partial charge in [-0.2, -0.15) is 0 Å². The summed E-state index contributed by atoms with van der Waals surface area (Å²) in [6, 6.07) is 4.46. The summed E-state index contributed by atoms with van der Waals surface area (Å²) in [5.74, 6) is -1.14. The Morgan fingerprint density at radius 2 is 2.09 bits per heavy atom. The third-order valence-corrected chi connectivity index (χ3v) is 3.50. The van der Waals surface area contributed by atoms with Gasteiger partial charge < -0.3 is 19.9 Å². The standard InChI is InChI=1S/C17H23NO5/c1-5-9-22-11-23-14-8-7-12(10-13(14)15(19)20)18-16(21)17(3,4)6-2/h5,7-8,10H,1,6,9,11H2,2-4H3,(H,18,21)(H,19,20). The number of hydrogen-bond donors (Lipinski definition) is 2. The maximum absolute atomic E-state index is 12.2. The number of rotatable bonds is 9. The third kappa shape index (κ3) is 5.41. The fraction of sp³-hybridized carbons (Fsp3) is 0.412. The molecule has 1 aromatic rings. The predicted molar refractivity (Wildman–Crippen MR) is 87.7 cm³/mol. The highest BCUT2D eigenvalue weighted by Gasteiger charge is 2.25. The molecule has 1 amide bonds. The minimum atomic E-state index is -1.14. The van der Waals surface area contributed by atoms with E-state index in [1.54, 1.807) is 12.1 Å². The first kappa shape index (κ1) is 18.7. The molecular formula is C17H23NO5. The molecule has 0 saturated heterocycles. The lowest BCUT2D eigenvalue weighted by molar-refractivity contribution is -0.124. The van der Waals surface area contributed by atoms with E-state index in [1.165, 1.54) is 12.1 Å². The van der Waals surface area contributed by atoms with Crippen LogP contribution in [-0.2, 0) is 9.53 Å². The molecule has 6 heteroatoms. The molecule has 23 heavy (non-hydrogen) atoms. The summed E-state index contributed by atoms with van der Waals surface area (Å²) in [5.41, 5.74) is -0.163. The Morgan fingerprint density at radius 3 is 2.65 bits per heavy atom. The van der Waals surface area contributed by atoms with Crippen LogP contribution in [0.5, 0.6) is 5.75 Å². The number of carboxylic acids is 1. The minimum Gasteiger partial charge on any atom is -0.478 e. The quantitative estimate of drug-likeness (QED) is 0.414. The highest BCUT2D eigenvalue weighted by Crippen LogP contribution is 2.26. The van der Waals surface area contributed by atoms with Crippen LogP contribution in [0.25, 0.3) is 0 Å². The van der Waals surface area contributed by atoms with Crippen molar-refractivity contribution in [3.8, 4) is 5.75 Å². The van der Waals surface area contributed by atoms with E-state index in [1.807, 2.05) is 20.8 Å². The van der Waals surface area contributed by atoms with Crippen LogP contribution >= 0.6 is 0 Å². The molecule has 0 fully saturated rings. The van der Waals surface area contributed by atoms with Crippen LogP contribution in [-0.4, -0.2) is 30.4 Å². The van der Waals surface area contributed by atoms with Gasteiger partial charge in [0.25, 0.3) is 0 Å². The van der Waals surface area contributed by atoms with E-state index < -0.39 is 11.4 Å². The molecule has 0 aromatic heterocycles.